The molecule has 1 unspecified atom stereocenters. The highest BCUT2D eigenvalue weighted by atomic mass is 35.5. The number of hydrogen-bond acceptors (Lipinski definition) is 2. The number of halogens is 1. The molecule has 2 fully saturated rings. The monoisotopic (exact) mass is 377 g/mol. The maximum absolute atomic E-state index is 6.37. The Kier molecular flexibility index (Phi) is 4.98. The lowest BCUT2D eigenvalue weighted by atomic mass is 9.78. The Morgan fingerprint density at radius 2 is 1.96 bits per heavy atom. The van der Waals surface area contributed by atoms with E-state index in [0.29, 0.717) is 0 Å². The molecule has 0 bridgehead atoms. The molecule has 6 heteroatoms. The predicted molar refractivity (Wildman–Crippen MR) is 103 cm³/mol. The van der Waals surface area contributed by atoms with Gasteiger partial charge in [0.2, 0.25) is 4.77 Å². The van der Waals surface area contributed by atoms with Crippen LogP contribution in [-0.2, 0) is 13.7 Å². The van der Waals surface area contributed by atoms with Gasteiger partial charge in [0.25, 0.3) is 0 Å². The largest absolute Gasteiger partial charge is 0.314 e. The molecule has 134 valence electrons. The molecule has 1 saturated heterocycles. The van der Waals surface area contributed by atoms with Crippen molar-refractivity contribution in [2.24, 2.45) is 13.0 Å². The number of piperidine rings is 1. The van der Waals surface area contributed by atoms with Crippen LogP contribution < -0.4 is 4.90 Å². The average molecular weight is 378 g/mol. The lowest BCUT2D eigenvalue weighted by Gasteiger charge is -2.40. The van der Waals surface area contributed by atoms with E-state index in [4.69, 9.17) is 28.9 Å². The zero-order valence-electron chi connectivity index (χ0n) is 14.7. The standard InChI is InChI=1S/C19H25ClN4S/c1-22-18(15-9-3-4-10-16(15)20)21-24(19(22)25)13-23-12-6-8-14-7-2-5-11-17(14)23/h3-4,9-10,14,17H,2,5-8,11-13H2,1H3/p+1/t14-,17-/m0/s1. The van der Waals surface area contributed by atoms with Gasteiger partial charge in [-0.3, -0.25) is 0 Å². The first-order valence-electron chi connectivity index (χ1n) is 9.38. The number of quaternary nitrogens is 1. The molecule has 1 aliphatic carbocycles. The highest BCUT2D eigenvalue weighted by molar-refractivity contribution is 7.71. The van der Waals surface area contributed by atoms with E-state index in [0.717, 1.165) is 39.8 Å². The Balaban J connectivity index is 1.62. The molecule has 1 saturated carbocycles. The van der Waals surface area contributed by atoms with Gasteiger partial charge in [0.1, 0.15) is 0 Å². The summed E-state index contributed by atoms with van der Waals surface area (Å²) in [5.74, 6) is 1.76. The van der Waals surface area contributed by atoms with E-state index < -0.39 is 0 Å². The van der Waals surface area contributed by atoms with Crippen molar-refractivity contribution in [2.75, 3.05) is 6.54 Å². The second-order valence-corrected chi connectivity index (χ2v) is 8.28. The van der Waals surface area contributed by atoms with Crippen molar-refractivity contribution in [3.63, 3.8) is 0 Å². The van der Waals surface area contributed by atoms with Gasteiger partial charge in [0.15, 0.2) is 12.5 Å². The number of aromatic nitrogens is 3. The number of benzene rings is 1. The molecular formula is C19H26ClN4S+. The van der Waals surface area contributed by atoms with Crippen molar-refractivity contribution in [1.82, 2.24) is 14.3 Å². The molecule has 2 aromatic rings. The summed E-state index contributed by atoms with van der Waals surface area (Å²) in [5, 5.41) is 5.56. The Labute approximate surface area is 159 Å². The molecule has 1 aliphatic heterocycles. The normalized spacial score (nSPS) is 26.4. The molecule has 0 radical (unpaired) electrons. The quantitative estimate of drug-likeness (QED) is 0.829. The summed E-state index contributed by atoms with van der Waals surface area (Å²) in [6, 6.07) is 8.63. The minimum atomic E-state index is 0.718. The Hall–Kier alpha value is -1.17. The first-order chi connectivity index (χ1) is 12.1. The summed E-state index contributed by atoms with van der Waals surface area (Å²) in [4.78, 5) is 1.66. The fraction of sp³-hybridized carbons (Fsp3) is 0.579. The molecular weight excluding hydrogens is 352 g/mol. The summed E-state index contributed by atoms with van der Waals surface area (Å²) in [5.41, 5.74) is 0.945. The number of rotatable bonds is 3. The second-order valence-electron chi connectivity index (χ2n) is 7.50. The minimum Gasteiger partial charge on any atom is -0.314 e. The summed E-state index contributed by atoms with van der Waals surface area (Å²) < 4.78 is 4.78. The molecule has 1 aromatic heterocycles. The maximum Gasteiger partial charge on any atom is 0.202 e. The topological polar surface area (TPSA) is 27.2 Å². The van der Waals surface area contributed by atoms with E-state index in [2.05, 4.69) is 0 Å². The molecule has 4 rings (SSSR count). The summed E-state index contributed by atoms with van der Waals surface area (Å²) in [7, 11) is 1.99. The third kappa shape index (κ3) is 3.29. The maximum atomic E-state index is 6.37. The average Bonchev–Trinajstić information content (AvgIpc) is 2.91. The molecule has 25 heavy (non-hydrogen) atoms. The van der Waals surface area contributed by atoms with Gasteiger partial charge in [-0.15, -0.1) is 5.10 Å². The van der Waals surface area contributed by atoms with Crippen LogP contribution in [0.15, 0.2) is 24.3 Å². The van der Waals surface area contributed by atoms with E-state index >= 15 is 0 Å². The van der Waals surface area contributed by atoms with Crippen LogP contribution in [0.5, 0.6) is 0 Å². The van der Waals surface area contributed by atoms with Crippen molar-refractivity contribution in [3.05, 3.63) is 34.1 Å². The Bertz CT molecular complexity index is 810. The van der Waals surface area contributed by atoms with Crippen LogP contribution in [0.1, 0.15) is 38.5 Å². The van der Waals surface area contributed by atoms with Crippen LogP contribution in [0.2, 0.25) is 5.02 Å². The predicted octanol–water partition coefficient (Wildman–Crippen LogP) is 3.47. The van der Waals surface area contributed by atoms with Crippen molar-refractivity contribution in [2.45, 2.75) is 51.2 Å². The van der Waals surface area contributed by atoms with Crippen LogP contribution in [0, 0.1) is 10.7 Å². The molecule has 0 spiro atoms. The van der Waals surface area contributed by atoms with Gasteiger partial charge in [-0.25, -0.2) is 0 Å². The van der Waals surface area contributed by atoms with Gasteiger partial charge < -0.3 is 9.47 Å². The number of nitrogens with zero attached hydrogens (tertiary/aromatic N) is 3. The zero-order valence-corrected chi connectivity index (χ0v) is 16.3. The molecule has 0 amide bonds. The Morgan fingerprint density at radius 3 is 2.80 bits per heavy atom. The summed E-state index contributed by atoms with van der Waals surface area (Å²) in [6.45, 7) is 2.11. The number of hydrogen-bond donors (Lipinski definition) is 1. The van der Waals surface area contributed by atoms with Crippen LogP contribution in [0.3, 0.4) is 0 Å². The molecule has 4 nitrogen and oxygen atoms in total. The van der Waals surface area contributed by atoms with Crippen molar-refractivity contribution in [3.8, 4) is 11.4 Å². The van der Waals surface area contributed by atoms with Crippen molar-refractivity contribution >= 4 is 23.8 Å². The van der Waals surface area contributed by atoms with E-state index in [1.165, 1.54) is 45.1 Å². The number of likely N-dealkylation sites (tertiary alicyclic amines) is 1. The first-order valence-corrected chi connectivity index (χ1v) is 10.2. The van der Waals surface area contributed by atoms with E-state index in [1.807, 2.05) is 40.6 Å². The third-order valence-electron chi connectivity index (χ3n) is 6.01. The smallest absolute Gasteiger partial charge is 0.202 e. The van der Waals surface area contributed by atoms with Crippen molar-refractivity contribution < 1.29 is 4.90 Å². The van der Waals surface area contributed by atoms with Gasteiger partial charge >= 0.3 is 0 Å². The molecule has 2 heterocycles. The van der Waals surface area contributed by atoms with Gasteiger partial charge in [0.05, 0.1) is 17.6 Å². The summed E-state index contributed by atoms with van der Waals surface area (Å²) >= 11 is 12.1. The lowest BCUT2D eigenvalue weighted by Crippen LogP contribution is -3.17. The van der Waals surface area contributed by atoms with Crippen LogP contribution >= 0.6 is 23.8 Å². The van der Waals surface area contributed by atoms with Crippen LogP contribution in [-0.4, -0.2) is 26.9 Å². The fourth-order valence-electron chi connectivity index (χ4n) is 4.72. The van der Waals surface area contributed by atoms with E-state index in [-0.39, 0.29) is 0 Å². The van der Waals surface area contributed by atoms with E-state index in [9.17, 15) is 0 Å². The summed E-state index contributed by atoms with van der Waals surface area (Å²) in [6.07, 6.45) is 8.29. The van der Waals surface area contributed by atoms with Gasteiger partial charge in [-0.2, -0.15) is 4.68 Å². The minimum absolute atomic E-state index is 0.718. The highest BCUT2D eigenvalue weighted by Crippen LogP contribution is 2.29. The number of nitrogens with one attached hydrogen (secondary N) is 1. The highest BCUT2D eigenvalue weighted by Gasteiger charge is 2.36. The lowest BCUT2D eigenvalue weighted by molar-refractivity contribution is -0.958. The van der Waals surface area contributed by atoms with Crippen LogP contribution in [0.25, 0.3) is 11.4 Å². The molecule has 2 aliphatic rings. The SMILES string of the molecule is Cn1c(-c2ccccc2Cl)nn(C[NH+]2CCC[C@@H]3CCCC[C@@H]32)c1=S. The fourth-order valence-corrected chi connectivity index (χ4v) is 5.14. The molecule has 1 N–H and O–H groups in total. The van der Waals surface area contributed by atoms with Crippen molar-refractivity contribution in [1.29, 1.82) is 0 Å². The molecule has 3 atom stereocenters. The first kappa shape index (κ1) is 17.3. The Morgan fingerprint density at radius 1 is 1.20 bits per heavy atom. The number of fused-ring (bicyclic) bond motifs is 1. The van der Waals surface area contributed by atoms with Gasteiger partial charge in [0, 0.05) is 18.5 Å². The van der Waals surface area contributed by atoms with E-state index in [1.54, 1.807) is 4.90 Å². The second kappa shape index (κ2) is 7.22. The van der Waals surface area contributed by atoms with Gasteiger partial charge in [-0.05, 0) is 56.5 Å². The van der Waals surface area contributed by atoms with Crippen LogP contribution in [0.4, 0.5) is 0 Å². The third-order valence-corrected chi connectivity index (χ3v) is 6.83. The van der Waals surface area contributed by atoms with Gasteiger partial charge in [-0.1, -0.05) is 30.2 Å². The molecule has 1 aromatic carbocycles. The zero-order chi connectivity index (χ0) is 17.4.